The first-order chi connectivity index (χ1) is 11.6. The van der Waals surface area contributed by atoms with Crippen LogP contribution in [0.25, 0.3) is 11.1 Å². The Morgan fingerprint density at radius 3 is 2.58 bits per heavy atom. The highest BCUT2D eigenvalue weighted by atomic mass is 16.5. The Balaban J connectivity index is 1.80. The summed E-state index contributed by atoms with van der Waals surface area (Å²) in [6, 6.07) is 17.6. The largest absolute Gasteiger partial charge is 0.361 e. The first kappa shape index (κ1) is 15.2. The van der Waals surface area contributed by atoms with Gasteiger partial charge in [0.25, 0.3) is 0 Å². The third kappa shape index (κ3) is 2.55. The SMILES string of the molecule is Cc1noc(C)c1-c1ccc2c(c1)CN(C)CC2c1ccccc1. The minimum absolute atomic E-state index is 0.429. The fourth-order valence-corrected chi connectivity index (χ4v) is 3.87. The zero-order valence-corrected chi connectivity index (χ0v) is 14.4. The van der Waals surface area contributed by atoms with Crippen LogP contribution in [0, 0.1) is 13.8 Å². The molecule has 0 bridgehead atoms. The summed E-state index contributed by atoms with van der Waals surface area (Å²) in [7, 11) is 2.20. The standard InChI is InChI=1S/C21H22N2O/c1-14-21(15(2)24-22-14)17-9-10-19-18(11-17)12-23(3)13-20(19)16-7-5-4-6-8-16/h4-11,20H,12-13H2,1-3H3. The van der Waals surface area contributed by atoms with Crippen LogP contribution in [-0.4, -0.2) is 23.6 Å². The highest BCUT2D eigenvalue weighted by Gasteiger charge is 2.25. The summed E-state index contributed by atoms with van der Waals surface area (Å²) < 4.78 is 5.34. The van der Waals surface area contributed by atoms with Crippen molar-refractivity contribution in [3.05, 3.63) is 76.7 Å². The van der Waals surface area contributed by atoms with Gasteiger partial charge in [-0.15, -0.1) is 0 Å². The Kier molecular flexibility index (Phi) is 3.73. The predicted molar refractivity (Wildman–Crippen MR) is 96.0 cm³/mol. The molecule has 1 unspecified atom stereocenters. The minimum atomic E-state index is 0.429. The second-order valence-corrected chi connectivity index (χ2v) is 6.77. The number of rotatable bonds is 2. The van der Waals surface area contributed by atoms with E-state index in [0.717, 1.165) is 30.1 Å². The number of nitrogens with zero attached hydrogens (tertiary/aromatic N) is 2. The maximum atomic E-state index is 5.34. The van der Waals surface area contributed by atoms with Crippen LogP contribution >= 0.6 is 0 Å². The lowest BCUT2D eigenvalue weighted by atomic mass is 9.83. The van der Waals surface area contributed by atoms with E-state index in [4.69, 9.17) is 4.52 Å². The summed E-state index contributed by atoms with van der Waals surface area (Å²) in [6.07, 6.45) is 0. The van der Waals surface area contributed by atoms with Gasteiger partial charge in [-0.05, 0) is 49.2 Å². The Morgan fingerprint density at radius 2 is 1.88 bits per heavy atom. The predicted octanol–water partition coefficient (Wildman–Crippen LogP) is 4.54. The van der Waals surface area contributed by atoms with E-state index in [1.165, 1.54) is 22.3 Å². The van der Waals surface area contributed by atoms with Crippen molar-refractivity contribution in [3.63, 3.8) is 0 Å². The molecule has 122 valence electrons. The van der Waals surface area contributed by atoms with Gasteiger partial charge in [-0.2, -0.15) is 0 Å². The van der Waals surface area contributed by atoms with E-state index < -0.39 is 0 Å². The number of hydrogen-bond acceptors (Lipinski definition) is 3. The van der Waals surface area contributed by atoms with Crippen molar-refractivity contribution in [2.75, 3.05) is 13.6 Å². The van der Waals surface area contributed by atoms with Crippen LogP contribution in [0.5, 0.6) is 0 Å². The van der Waals surface area contributed by atoms with Crippen LogP contribution in [0.2, 0.25) is 0 Å². The molecule has 0 fully saturated rings. The maximum Gasteiger partial charge on any atom is 0.141 e. The van der Waals surface area contributed by atoms with E-state index in [1.807, 2.05) is 13.8 Å². The van der Waals surface area contributed by atoms with Crippen LogP contribution in [0.3, 0.4) is 0 Å². The van der Waals surface area contributed by atoms with Crippen molar-refractivity contribution < 1.29 is 4.52 Å². The lowest BCUT2D eigenvalue weighted by molar-refractivity contribution is 0.295. The van der Waals surface area contributed by atoms with Gasteiger partial charge in [0.1, 0.15) is 5.76 Å². The highest BCUT2D eigenvalue weighted by Crippen LogP contribution is 2.36. The van der Waals surface area contributed by atoms with E-state index in [9.17, 15) is 0 Å². The van der Waals surface area contributed by atoms with Crippen LogP contribution in [0.15, 0.2) is 53.1 Å². The zero-order chi connectivity index (χ0) is 16.7. The third-order valence-corrected chi connectivity index (χ3v) is 4.98. The summed E-state index contributed by atoms with van der Waals surface area (Å²) in [5.74, 6) is 1.31. The summed E-state index contributed by atoms with van der Waals surface area (Å²) in [5, 5.41) is 4.10. The molecule has 2 heterocycles. The Morgan fingerprint density at radius 1 is 1.08 bits per heavy atom. The van der Waals surface area contributed by atoms with Crippen molar-refractivity contribution in [1.29, 1.82) is 0 Å². The average molecular weight is 318 g/mol. The average Bonchev–Trinajstić information content (AvgIpc) is 2.93. The van der Waals surface area contributed by atoms with Gasteiger partial charge in [0, 0.05) is 24.6 Å². The topological polar surface area (TPSA) is 29.3 Å². The molecule has 0 N–H and O–H groups in total. The van der Waals surface area contributed by atoms with Gasteiger partial charge in [-0.25, -0.2) is 0 Å². The second kappa shape index (κ2) is 5.91. The van der Waals surface area contributed by atoms with Crippen LogP contribution in [0.4, 0.5) is 0 Å². The summed E-state index contributed by atoms with van der Waals surface area (Å²) in [6.45, 7) is 6.02. The van der Waals surface area contributed by atoms with Crippen LogP contribution < -0.4 is 0 Å². The molecule has 4 rings (SSSR count). The van der Waals surface area contributed by atoms with Crippen molar-refractivity contribution in [1.82, 2.24) is 10.1 Å². The van der Waals surface area contributed by atoms with E-state index in [1.54, 1.807) is 0 Å². The smallest absolute Gasteiger partial charge is 0.141 e. The van der Waals surface area contributed by atoms with Gasteiger partial charge >= 0.3 is 0 Å². The summed E-state index contributed by atoms with van der Waals surface area (Å²) in [4.78, 5) is 2.40. The molecule has 24 heavy (non-hydrogen) atoms. The van der Waals surface area contributed by atoms with Gasteiger partial charge in [-0.3, -0.25) is 0 Å². The first-order valence-corrected chi connectivity index (χ1v) is 8.43. The Bertz CT molecular complexity index is 847. The van der Waals surface area contributed by atoms with Gasteiger partial charge in [0.05, 0.1) is 5.69 Å². The molecule has 3 heteroatoms. The molecule has 0 amide bonds. The number of hydrogen-bond donors (Lipinski definition) is 0. The van der Waals surface area contributed by atoms with Gasteiger partial charge in [0.2, 0.25) is 0 Å². The lowest BCUT2D eigenvalue weighted by Crippen LogP contribution is -2.31. The van der Waals surface area contributed by atoms with E-state index in [0.29, 0.717) is 5.92 Å². The number of aryl methyl sites for hydroxylation is 2. The van der Waals surface area contributed by atoms with Crippen molar-refractivity contribution in [3.8, 4) is 11.1 Å². The lowest BCUT2D eigenvalue weighted by Gasteiger charge is -2.33. The molecule has 1 aliphatic heterocycles. The monoisotopic (exact) mass is 318 g/mol. The number of fused-ring (bicyclic) bond motifs is 1. The molecular weight excluding hydrogens is 296 g/mol. The molecule has 0 saturated heterocycles. The first-order valence-electron chi connectivity index (χ1n) is 8.43. The summed E-state index contributed by atoms with van der Waals surface area (Å²) >= 11 is 0. The van der Waals surface area contributed by atoms with Crippen molar-refractivity contribution in [2.24, 2.45) is 0 Å². The molecule has 1 aliphatic rings. The van der Waals surface area contributed by atoms with Crippen LogP contribution in [0.1, 0.15) is 34.1 Å². The number of likely N-dealkylation sites (N-methyl/N-ethyl adjacent to an activating group) is 1. The van der Waals surface area contributed by atoms with E-state index in [-0.39, 0.29) is 0 Å². The molecule has 3 aromatic rings. The molecule has 1 atom stereocenters. The number of benzene rings is 2. The molecule has 1 aromatic heterocycles. The number of aromatic nitrogens is 1. The molecule has 0 radical (unpaired) electrons. The van der Waals surface area contributed by atoms with Gasteiger partial charge < -0.3 is 9.42 Å². The maximum absolute atomic E-state index is 5.34. The molecular formula is C21H22N2O. The fraction of sp³-hybridized carbons (Fsp3) is 0.286. The highest BCUT2D eigenvalue weighted by molar-refractivity contribution is 5.69. The zero-order valence-electron chi connectivity index (χ0n) is 14.4. The second-order valence-electron chi connectivity index (χ2n) is 6.77. The molecule has 0 saturated carbocycles. The summed E-state index contributed by atoms with van der Waals surface area (Å²) in [5.41, 5.74) is 7.51. The van der Waals surface area contributed by atoms with Crippen LogP contribution in [-0.2, 0) is 6.54 Å². The van der Waals surface area contributed by atoms with Gasteiger partial charge in [0.15, 0.2) is 0 Å². The Labute approximate surface area is 142 Å². The fourth-order valence-electron chi connectivity index (χ4n) is 3.87. The van der Waals surface area contributed by atoms with Crippen molar-refractivity contribution >= 4 is 0 Å². The molecule has 2 aromatic carbocycles. The normalized spacial score (nSPS) is 17.7. The minimum Gasteiger partial charge on any atom is -0.361 e. The Hall–Kier alpha value is -2.39. The van der Waals surface area contributed by atoms with E-state index >= 15 is 0 Å². The third-order valence-electron chi connectivity index (χ3n) is 4.98. The quantitative estimate of drug-likeness (QED) is 0.695. The van der Waals surface area contributed by atoms with Gasteiger partial charge in [-0.1, -0.05) is 47.6 Å². The molecule has 0 spiro atoms. The molecule has 0 aliphatic carbocycles. The van der Waals surface area contributed by atoms with Crippen molar-refractivity contribution in [2.45, 2.75) is 26.3 Å². The van der Waals surface area contributed by atoms with E-state index in [2.05, 4.69) is 65.6 Å². The molecule has 3 nitrogen and oxygen atoms in total.